The molecule has 4 nitrogen and oxygen atoms in total. The maximum Gasteiger partial charge on any atom is 0.316 e. The van der Waals surface area contributed by atoms with Crippen molar-refractivity contribution in [3.8, 4) is 0 Å². The van der Waals surface area contributed by atoms with Crippen molar-refractivity contribution in [1.82, 2.24) is 0 Å². The standard InChI is InChI=1S/C13H19N3O/c14-12(17)16-11-6-4-10(5-7-11)13(15)8-2-1-3-9-13/h4-7H,1-3,8-9,15H2,(H3,14,16,17). The number of anilines is 1. The molecule has 0 aliphatic heterocycles. The summed E-state index contributed by atoms with van der Waals surface area (Å²) in [5.41, 5.74) is 13.1. The summed E-state index contributed by atoms with van der Waals surface area (Å²) >= 11 is 0. The van der Waals surface area contributed by atoms with Crippen molar-refractivity contribution in [2.45, 2.75) is 37.6 Å². The Hall–Kier alpha value is -1.55. The molecule has 2 amide bonds. The van der Waals surface area contributed by atoms with Gasteiger partial charge in [-0.3, -0.25) is 0 Å². The SMILES string of the molecule is NC(=O)Nc1ccc(C2(N)CCCCC2)cc1. The zero-order valence-electron chi connectivity index (χ0n) is 9.91. The van der Waals surface area contributed by atoms with Crippen molar-refractivity contribution >= 4 is 11.7 Å². The third kappa shape index (κ3) is 2.77. The highest BCUT2D eigenvalue weighted by atomic mass is 16.2. The molecule has 4 heteroatoms. The van der Waals surface area contributed by atoms with Crippen molar-refractivity contribution in [1.29, 1.82) is 0 Å². The van der Waals surface area contributed by atoms with E-state index in [0.29, 0.717) is 5.69 Å². The van der Waals surface area contributed by atoms with Crippen LogP contribution in [-0.4, -0.2) is 6.03 Å². The molecular weight excluding hydrogens is 214 g/mol. The predicted molar refractivity (Wildman–Crippen MR) is 68.6 cm³/mol. The van der Waals surface area contributed by atoms with Crippen LogP contribution in [0.1, 0.15) is 37.7 Å². The second kappa shape index (κ2) is 4.75. The lowest BCUT2D eigenvalue weighted by Gasteiger charge is -2.34. The molecule has 0 spiro atoms. The Morgan fingerprint density at radius 2 is 1.71 bits per heavy atom. The largest absolute Gasteiger partial charge is 0.351 e. The Morgan fingerprint density at radius 1 is 1.12 bits per heavy atom. The van der Waals surface area contributed by atoms with Crippen molar-refractivity contribution in [2.24, 2.45) is 11.5 Å². The molecule has 1 saturated carbocycles. The van der Waals surface area contributed by atoms with E-state index in [1.54, 1.807) is 0 Å². The van der Waals surface area contributed by atoms with Gasteiger partial charge in [0.1, 0.15) is 0 Å². The van der Waals surface area contributed by atoms with Gasteiger partial charge in [0.25, 0.3) is 0 Å². The molecule has 0 saturated heterocycles. The maximum atomic E-state index is 10.7. The number of nitrogens with two attached hydrogens (primary N) is 2. The van der Waals surface area contributed by atoms with E-state index in [0.717, 1.165) is 18.4 Å². The van der Waals surface area contributed by atoms with Crippen molar-refractivity contribution in [3.63, 3.8) is 0 Å². The van der Waals surface area contributed by atoms with Gasteiger partial charge in [0.15, 0.2) is 0 Å². The van der Waals surface area contributed by atoms with E-state index in [9.17, 15) is 4.79 Å². The van der Waals surface area contributed by atoms with Crippen LogP contribution in [0, 0.1) is 0 Å². The minimum Gasteiger partial charge on any atom is -0.351 e. The van der Waals surface area contributed by atoms with Gasteiger partial charge in [0, 0.05) is 11.2 Å². The van der Waals surface area contributed by atoms with Gasteiger partial charge < -0.3 is 16.8 Å². The monoisotopic (exact) mass is 233 g/mol. The van der Waals surface area contributed by atoms with Gasteiger partial charge in [-0.1, -0.05) is 31.4 Å². The van der Waals surface area contributed by atoms with Crippen LogP contribution in [0.15, 0.2) is 24.3 Å². The first-order valence-electron chi connectivity index (χ1n) is 6.06. The van der Waals surface area contributed by atoms with Crippen molar-refractivity contribution < 1.29 is 4.79 Å². The summed E-state index contributed by atoms with van der Waals surface area (Å²) in [6, 6.07) is 7.12. The van der Waals surface area contributed by atoms with Crippen LogP contribution in [0.3, 0.4) is 0 Å². The molecule has 17 heavy (non-hydrogen) atoms. The molecule has 0 atom stereocenters. The van der Waals surface area contributed by atoms with Crippen LogP contribution < -0.4 is 16.8 Å². The summed E-state index contributed by atoms with van der Waals surface area (Å²) in [6.45, 7) is 0. The Labute approximate surface area is 101 Å². The minimum atomic E-state index is -0.544. The van der Waals surface area contributed by atoms with E-state index in [4.69, 9.17) is 11.5 Å². The zero-order chi connectivity index (χ0) is 12.3. The summed E-state index contributed by atoms with van der Waals surface area (Å²) < 4.78 is 0. The van der Waals surface area contributed by atoms with Crippen molar-refractivity contribution in [2.75, 3.05) is 5.32 Å². The number of rotatable bonds is 2. The molecule has 1 fully saturated rings. The zero-order valence-corrected chi connectivity index (χ0v) is 9.91. The van der Waals surface area contributed by atoms with Gasteiger partial charge in [-0.25, -0.2) is 4.79 Å². The molecule has 1 aromatic carbocycles. The highest BCUT2D eigenvalue weighted by Gasteiger charge is 2.28. The molecule has 0 heterocycles. The first-order valence-corrected chi connectivity index (χ1v) is 6.06. The van der Waals surface area contributed by atoms with E-state index in [1.165, 1.54) is 19.3 Å². The smallest absolute Gasteiger partial charge is 0.316 e. The molecule has 92 valence electrons. The van der Waals surface area contributed by atoms with Crippen LogP contribution in [0.2, 0.25) is 0 Å². The number of hydrogen-bond donors (Lipinski definition) is 3. The molecule has 2 rings (SSSR count). The summed E-state index contributed by atoms with van der Waals surface area (Å²) in [6.07, 6.45) is 5.74. The molecule has 0 bridgehead atoms. The molecular formula is C13H19N3O. The number of amides is 2. The normalized spacial score (nSPS) is 18.6. The first kappa shape index (κ1) is 11.9. The van der Waals surface area contributed by atoms with E-state index in [-0.39, 0.29) is 5.54 Å². The van der Waals surface area contributed by atoms with Crippen molar-refractivity contribution in [3.05, 3.63) is 29.8 Å². The molecule has 0 unspecified atom stereocenters. The van der Waals surface area contributed by atoms with Crippen LogP contribution in [-0.2, 0) is 5.54 Å². The van der Waals surface area contributed by atoms with Gasteiger partial charge in [-0.2, -0.15) is 0 Å². The lowest BCUT2D eigenvalue weighted by atomic mass is 9.77. The number of carbonyl (C=O) groups is 1. The summed E-state index contributed by atoms with van der Waals surface area (Å²) in [5.74, 6) is 0. The van der Waals surface area contributed by atoms with Gasteiger partial charge in [0.2, 0.25) is 0 Å². The maximum absolute atomic E-state index is 10.7. The second-order valence-electron chi connectivity index (χ2n) is 4.78. The van der Waals surface area contributed by atoms with E-state index in [2.05, 4.69) is 5.32 Å². The topological polar surface area (TPSA) is 81.1 Å². The fourth-order valence-corrected chi connectivity index (χ4v) is 2.50. The number of urea groups is 1. The van der Waals surface area contributed by atoms with Crippen LogP contribution >= 0.6 is 0 Å². The van der Waals surface area contributed by atoms with Gasteiger partial charge in [-0.05, 0) is 30.5 Å². The average Bonchev–Trinajstić information content (AvgIpc) is 2.30. The lowest BCUT2D eigenvalue weighted by molar-refractivity contribution is 0.259. The van der Waals surface area contributed by atoms with E-state index in [1.807, 2.05) is 24.3 Å². The molecule has 5 N–H and O–H groups in total. The van der Waals surface area contributed by atoms with Crippen LogP contribution in [0.25, 0.3) is 0 Å². The number of carbonyl (C=O) groups excluding carboxylic acids is 1. The number of nitrogens with one attached hydrogen (secondary N) is 1. The van der Waals surface area contributed by atoms with Gasteiger partial charge >= 0.3 is 6.03 Å². The Balaban J connectivity index is 2.13. The molecule has 1 aromatic rings. The summed E-state index contributed by atoms with van der Waals surface area (Å²) in [5, 5.41) is 2.55. The van der Waals surface area contributed by atoms with E-state index < -0.39 is 6.03 Å². The third-order valence-electron chi connectivity index (χ3n) is 3.47. The number of hydrogen-bond acceptors (Lipinski definition) is 2. The minimum absolute atomic E-state index is 0.191. The Bertz CT molecular complexity index is 394. The molecule has 1 aliphatic carbocycles. The third-order valence-corrected chi connectivity index (χ3v) is 3.47. The average molecular weight is 233 g/mol. The first-order chi connectivity index (χ1) is 8.10. The van der Waals surface area contributed by atoms with Gasteiger partial charge in [-0.15, -0.1) is 0 Å². The Kier molecular flexibility index (Phi) is 3.33. The van der Waals surface area contributed by atoms with Crippen LogP contribution in [0.5, 0.6) is 0 Å². The molecule has 1 aliphatic rings. The van der Waals surface area contributed by atoms with E-state index >= 15 is 0 Å². The fourth-order valence-electron chi connectivity index (χ4n) is 2.50. The lowest BCUT2D eigenvalue weighted by Crippen LogP contribution is -2.38. The predicted octanol–water partition coefficient (Wildman–Crippen LogP) is 2.30. The molecule has 0 radical (unpaired) electrons. The van der Waals surface area contributed by atoms with Crippen LogP contribution in [0.4, 0.5) is 10.5 Å². The highest BCUT2D eigenvalue weighted by Crippen LogP contribution is 2.34. The number of benzene rings is 1. The quantitative estimate of drug-likeness (QED) is 0.732. The number of primary amides is 1. The summed E-state index contributed by atoms with van der Waals surface area (Å²) in [4.78, 5) is 10.7. The highest BCUT2D eigenvalue weighted by molar-refractivity contribution is 5.87. The fraction of sp³-hybridized carbons (Fsp3) is 0.462. The van der Waals surface area contributed by atoms with Gasteiger partial charge in [0.05, 0.1) is 0 Å². The second-order valence-corrected chi connectivity index (χ2v) is 4.78. The Morgan fingerprint density at radius 3 is 2.24 bits per heavy atom. The molecule has 0 aromatic heterocycles. The summed E-state index contributed by atoms with van der Waals surface area (Å²) in [7, 11) is 0.